The summed E-state index contributed by atoms with van der Waals surface area (Å²) in [4.78, 5) is 14.4. The van der Waals surface area contributed by atoms with Crippen LogP contribution in [0.25, 0.3) is 5.57 Å². The van der Waals surface area contributed by atoms with Crippen LogP contribution >= 0.6 is 0 Å². The zero-order valence-corrected chi connectivity index (χ0v) is 16.9. The first-order chi connectivity index (χ1) is 13.9. The first-order valence-electron chi connectivity index (χ1n) is 9.77. The summed E-state index contributed by atoms with van der Waals surface area (Å²) < 4.78 is 28.0. The number of likely N-dealkylation sites (N-methyl/N-ethyl adjacent to an activating group) is 1. The Balaban J connectivity index is 1.69. The van der Waals surface area contributed by atoms with E-state index >= 15 is 0 Å². The third-order valence-corrected chi connectivity index (χ3v) is 4.95. The number of hydrogen-bond acceptors (Lipinski definition) is 4. The van der Waals surface area contributed by atoms with Gasteiger partial charge in [-0.2, -0.15) is 0 Å². The Morgan fingerprint density at radius 2 is 1.90 bits per heavy atom. The summed E-state index contributed by atoms with van der Waals surface area (Å²) in [7, 11) is 0. The van der Waals surface area contributed by atoms with Gasteiger partial charge >= 0.3 is 0 Å². The second-order valence-electron chi connectivity index (χ2n) is 7.07. The van der Waals surface area contributed by atoms with Crippen LogP contribution in [0.2, 0.25) is 0 Å². The van der Waals surface area contributed by atoms with Crippen molar-refractivity contribution in [2.75, 3.05) is 35.6 Å². The number of benzene rings is 2. The maximum atomic E-state index is 14.5. The number of carbonyl (C=O) groups is 1. The highest BCUT2D eigenvalue weighted by molar-refractivity contribution is 6.31. The Morgan fingerprint density at radius 1 is 1.14 bits per heavy atom. The van der Waals surface area contributed by atoms with Crippen LogP contribution in [-0.2, 0) is 4.79 Å². The monoisotopic (exact) mass is 400 g/mol. The van der Waals surface area contributed by atoms with Gasteiger partial charge in [0.25, 0.3) is 5.91 Å². The fourth-order valence-corrected chi connectivity index (χ4v) is 3.36. The van der Waals surface area contributed by atoms with Gasteiger partial charge < -0.3 is 20.9 Å². The minimum Gasteiger partial charge on any atom is -0.379 e. The molecule has 2 aromatic carbocycles. The molecule has 154 valence electrons. The molecule has 5 nitrogen and oxygen atoms in total. The minimum absolute atomic E-state index is 0.0962. The number of anilines is 3. The van der Waals surface area contributed by atoms with Gasteiger partial charge in [-0.15, -0.1) is 0 Å². The average molecular weight is 400 g/mol. The summed E-state index contributed by atoms with van der Waals surface area (Å²) in [6, 6.07) is 8.96. The van der Waals surface area contributed by atoms with Crippen LogP contribution in [0, 0.1) is 11.6 Å². The molecule has 0 aromatic heterocycles. The van der Waals surface area contributed by atoms with E-state index in [2.05, 4.69) is 34.7 Å². The second-order valence-corrected chi connectivity index (χ2v) is 7.07. The number of rotatable bonds is 8. The molecule has 1 aliphatic rings. The van der Waals surface area contributed by atoms with Crippen LogP contribution in [0.1, 0.15) is 26.3 Å². The fourth-order valence-electron chi connectivity index (χ4n) is 3.36. The standard InChI is InChI=1S/C22H26F2N4O/c1-4-28(5-2)13-14(3)26-21-9-7-16(11-19(21)24)25-12-18-17-10-15(23)6-8-20(17)27-22(18)29/h6-12,14,25-26H,4-5,13H2,1-3H3,(H,27,29)/b18-12+. The molecule has 7 heteroatoms. The van der Waals surface area contributed by atoms with Crippen molar-refractivity contribution < 1.29 is 13.6 Å². The number of nitrogens with zero attached hydrogens (tertiary/aromatic N) is 1. The van der Waals surface area contributed by atoms with Crippen molar-refractivity contribution in [1.82, 2.24) is 4.90 Å². The fraction of sp³-hybridized carbons (Fsp3) is 0.318. The van der Waals surface area contributed by atoms with Gasteiger partial charge in [0.15, 0.2) is 0 Å². The van der Waals surface area contributed by atoms with E-state index in [4.69, 9.17) is 0 Å². The van der Waals surface area contributed by atoms with Crippen molar-refractivity contribution in [1.29, 1.82) is 0 Å². The topological polar surface area (TPSA) is 56.4 Å². The zero-order valence-electron chi connectivity index (χ0n) is 16.9. The quantitative estimate of drug-likeness (QED) is 0.571. The molecule has 3 rings (SSSR count). The van der Waals surface area contributed by atoms with Crippen LogP contribution in [0.15, 0.2) is 42.6 Å². The van der Waals surface area contributed by atoms with Crippen molar-refractivity contribution in [2.45, 2.75) is 26.8 Å². The van der Waals surface area contributed by atoms with Crippen LogP contribution in [0.5, 0.6) is 0 Å². The lowest BCUT2D eigenvalue weighted by molar-refractivity contribution is -0.110. The van der Waals surface area contributed by atoms with E-state index in [-0.39, 0.29) is 17.8 Å². The molecule has 1 heterocycles. The van der Waals surface area contributed by atoms with Gasteiger partial charge in [0.2, 0.25) is 0 Å². The smallest absolute Gasteiger partial charge is 0.257 e. The summed E-state index contributed by atoms with van der Waals surface area (Å²) in [5, 5.41) is 8.80. The van der Waals surface area contributed by atoms with Gasteiger partial charge in [-0.05, 0) is 56.4 Å². The maximum absolute atomic E-state index is 14.5. The predicted octanol–water partition coefficient (Wildman–Crippen LogP) is 4.51. The first kappa shape index (κ1) is 20.8. The average Bonchev–Trinajstić information content (AvgIpc) is 3.00. The van der Waals surface area contributed by atoms with E-state index in [1.165, 1.54) is 30.5 Å². The number of amides is 1. The number of carbonyl (C=O) groups excluding carboxylic acids is 1. The SMILES string of the molecule is CCN(CC)CC(C)Nc1ccc(N/C=C2/C(=O)Nc3ccc(F)cc32)cc1F. The molecule has 1 atom stereocenters. The lowest BCUT2D eigenvalue weighted by atomic mass is 10.1. The Hall–Kier alpha value is -2.93. The lowest BCUT2D eigenvalue weighted by Crippen LogP contribution is -2.34. The minimum atomic E-state index is -0.425. The number of fused-ring (bicyclic) bond motifs is 1. The number of nitrogens with one attached hydrogen (secondary N) is 3. The van der Waals surface area contributed by atoms with Crippen molar-refractivity contribution in [3.63, 3.8) is 0 Å². The number of hydrogen-bond donors (Lipinski definition) is 3. The summed E-state index contributed by atoms with van der Waals surface area (Å²) >= 11 is 0. The van der Waals surface area contributed by atoms with Gasteiger partial charge in [-0.3, -0.25) is 4.79 Å². The van der Waals surface area contributed by atoms with Crippen molar-refractivity contribution in [3.05, 3.63) is 59.8 Å². The van der Waals surface area contributed by atoms with E-state index in [1.807, 2.05) is 6.92 Å². The highest BCUT2D eigenvalue weighted by atomic mass is 19.1. The van der Waals surface area contributed by atoms with E-state index in [1.54, 1.807) is 12.1 Å². The Morgan fingerprint density at radius 3 is 2.59 bits per heavy atom. The van der Waals surface area contributed by atoms with Crippen molar-refractivity contribution in [2.24, 2.45) is 0 Å². The van der Waals surface area contributed by atoms with Gasteiger partial charge in [-0.25, -0.2) is 8.78 Å². The molecule has 0 fully saturated rings. The van der Waals surface area contributed by atoms with Crippen LogP contribution in [-0.4, -0.2) is 36.5 Å². The summed E-state index contributed by atoms with van der Waals surface area (Å²) in [6.45, 7) is 8.94. The van der Waals surface area contributed by atoms with Gasteiger partial charge in [0, 0.05) is 35.7 Å². The van der Waals surface area contributed by atoms with Crippen molar-refractivity contribution >= 4 is 28.5 Å². The molecule has 1 unspecified atom stereocenters. The molecule has 0 radical (unpaired) electrons. The Bertz CT molecular complexity index is 925. The van der Waals surface area contributed by atoms with Gasteiger partial charge in [-0.1, -0.05) is 13.8 Å². The third kappa shape index (κ3) is 4.92. The molecule has 0 aliphatic carbocycles. The second kappa shape index (κ2) is 9.05. The van der Waals surface area contributed by atoms with Crippen LogP contribution < -0.4 is 16.0 Å². The summed E-state index contributed by atoms with van der Waals surface area (Å²) in [5.74, 6) is -1.14. The van der Waals surface area contributed by atoms with Crippen LogP contribution in [0.4, 0.5) is 25.8 Å². The summed E-state index contributed by atoms with van der Waals surface area (Å²) in [5.41, 5.74) is 2.25. The van der Waals surface area contributed by atoms with Gasteiger partial charge in [0.05, 0.1) is 11.3 Å². The molecule has 2 aromatic rings. The lowest BCUT2D eigenvalue weighted by Gasteiger charge is -2.24. The molecular weight excluding hydrogens is 374 g/mol. The molecule has 0 spiro atoms. The van der Waals surface area contributed by atoms with E-state index in [0.29, 0.717) is 28.2 Å². The maximum Gasteiger partial charge on any atom is 0.257 e. The van der Waals surface area contributed by atoms with E-state index in [0.717, 1.165) is 19.6 Å². The first-order valence-corrected chi connectivity index (χ1v) is 9.77. The zero-order chi connectivity index (χ0) is 21.0. The normalized spacial score (nSPS) is 15.4. The number of halogens is 2. The third-order valence-electron chi connectivity index (χ3n) is 4.95. The van der Waals surface area contributed by atoms with Crippen LogP contribution in [0.3, 0.4) is 0 Å². The Kier molecular flexibility index (Phi) is 6.49. The highest BCUT2D eigenvalue weighted by Gasteiger charge is 2.24. The molecule has 29 heavy (non-hydrogen) atoms. The Labute approximate surface area is 169 Å². The molecule has 0 saturated carbocycles. The van der Waals surface area contributed by atoms with Crippen molar-refractivity contribution in [3.8, 4) is 0 Å². The molecular formula is C22H26F2N4O. The van der Waals surface area contributed by atoms with E-state index in [9.17, 15) is 13.6 Å². The largest absolute Gasteiger partial charge is 0.379 e. The van der Waals surface area contributed by atoms with Gasteiger partial charge in [0.1, 0.15) is 11.6 Å². The molecule has 1 amide bonds. The molecule has 0 saturated heterocycles. The predicted molar refractivity (Wildman–Crippen MR) is 114 cm³/mol. The molecule has 0 bridgehead atoms. The molecule has 1 aliphatic heterocycles. The highest BCUT2D eigenvalue weighted by Crippen LogP contribution is 2.32. The molecule has 3 N–H and O–H groups in total. The summed E-state index contributed by atoms with van der Waals surface area (Å²) in [6.07, 6.45) is 1.46. The van der Waals surface area contributed by atoms with E-state index < -0.39 is 5.82 Å².